The minimum absolute atomic E-state index is 0.229. The van der Waals surface area contributed by atoms with E-state index < -0.39 is 0 Å². The first kappa shape index (κ1) is 19.2. The quantitative estimate of drug-likeness (QED) is 0.358. The van der Waals surface area contributed by atoms with E-state index in [0.717, 1.165) is 21.8 Å². The van der Waals surface area contributed by atoms with Crippen molar-refractivity contribution in [2.24, 2.45) is 0 Å². The summed E-state index contributed by atoms with van der Waals surface area (Å²) >= 11 is 7.90. The zero-order valence-corrected chi connectivity index (χ0v) is 17.3. The largest absolute Gasteiger partial charge is 0.380 e. The van der Waals surface area contributed by atoms with Crippen molar-refractivity contribution in [2.75, 3.05) is 10.6 Å². The molecule has 0 aliphatic carbocycles. The molecule has 0 saturated carbocycles. The SMILES string of the molecule is Cc1ccc(-c2cc(NC(=O)c3ccccc3NCc3ccccc3Cl)n[nH]2)s1. The lowest BCUT2D eigenvalue weighted by Gasteiger charge is -2.12. The Labute approximate surface area is 177 Å². The monoisotopic (exact) mass is 422 g/mol. The summed E-state index contributed by atoms with van der Waals surface area (Å²) in [6.07, 6.45) is 0. The summed E-state index contributed by atoms with van der Waals surface area (Å²) in [6.45, 7) is 2.58. The van der Waals surface area contributed by atoms with Crippen LogP contribution in [0.25, 0.3) is 10.6 Å². The Bertz CT molecular complexity index is 1150. The highest BCUT2D eigenvalue weighted by molar-refractivity contribution is 7.15. The zero-order valence-electron chi connectivity index (χ0n) is 15.7. The van der Waals surface area contributed by atoms with Crippen LogP contribution in [-0.4, -0.2) is 16.1 Å². The van der Waals surface area contributed by atoms with E-state index in [0.29, 0.717) is 22.9 Å². The number of carbonyl (C=O) groups excluding carboxylic acids is 1. The second-order valence-electron chi connectivity index (χ2n) is 6.52. The molecular weight excluding hydrogens is 404 g/mol. The topological polar surface area (TPSA) is 69.8 Å². The molecule has 0 atom stereocenters. The van der Waals surface area contributed by atoms with E-state index in [1.54, 1.807) is 17.4 Å². The van der Waals surface area contributed by atoms with Crippen molar-refractivity contribution in [1.29, 1.82) is 0 Å². The number of aromatic nitrogens is 2. The molecule has 4 aromatic rings. The molecule has 0 spiro atoms. The van der Waals surface area contributed by atoms with Gasteiger partial charge in [0.1, 0.15) is 0 Å². The first-order chi connectivity index (χ1) is 14.1. The Morgan fingerprint density at radius 2 is 1.90 bits per heavy atom. The lowest BCUT2D eigenvalue weighted by atomic mass is 10.1. The van der Waals surface area contributed by atoms with E-state index in [1.165, 1.54) is 4.88 Å². The molecule has 0 saturated heterocycles. The number of nitrogens with one attached hydrogen (secondary N) is 3. The van der Waals surface area contributed by atoms with Crippen molar-refractivity contribution < 1.29 is 4.79 Å². The highest BCUT2D eigenvalue weighted by Crippen LogP contribution is 2.28. The second kappa shape index (κ2) is 8.51. The Hall–Kier alpha value is -3.09. The van der Waals surface area contributed by atoms with Gasteiger partial charge in [-0.25, -0.2) is 0 Å². The van der Waals surface area contributed by atoms with Crippen molar-refractivity contribution in [1.82, 2.24) is 10.2 Å². The first-order valence-electron chi connectivity index (χ1n) is 9.10. The molecule has 0 fully saturated rings. The summed E-state index contributed by atoms with van der Waals surface area (Å²) in [5.74, 6) is 0.254. The second-order valence-corrected chi connectivity index (χ2v) is 8.22. The van der Waals surface area contributed by atoms with Crippen LogP contribution in [0.15, 0.2) is 66.7 Å². The van der Waals surface area contributed by atoms with Gasteiger partial charge in [-0.05, 0) is 42.8 Å². The predicted molar refractivity (Wildman–Crippen MR) is 120 cm³/mol. The molecular formula is C22H19ClN4OS. The summed E-state index contributed by atoms with van der Waals surface area (Å²) in [5, 5.41) is 14.0. The summed E-state index contributed by atoms with van der Waals surface area (Å²) in [6, 6.07) is 20.9. The average Bonchev–Trinajstić information content (AvgIpc) is 3.36. The summed E-state index contributed by atoms with van der Waals surface area (Å²) in [7, 11) is 0. The third kappa shape index (κ3) is 4.50. The van der Waals surface area contributed by atoms with Crippen molar-refractivity contribution in [3.8, 4) is 10.6 Å². The highest BCUT2D eigenvalue weighted by atomic mass is 35.5. The van der Waals surface area contributed by atoms with E-state index in [9.17, 15) is 4.79 Å². The maximum Gasteiger partial charge on any atom is 0.258 e. The van der Waals surface area contributed by atoms with Gasteiger partial charge in [-0.1, -0.05) is 41.9 Å². The van der Waals surface area contributed by atoms with Gasteiger partial charge >= 0.3 is 0 Å². The lowest BCUT2D eigenvalue weighted by Crippen LogP contribution is -2.15. The van der Waals surface area contributed by atoms with Gasteiger partial charge in [0.15, 0.2) is 5.82 Å². The molecule has 0 radical (unpaired) electrons. The Balaban J connectivity index is 1.48. The number of hydrogen-bond donors (Lipinski definition) is 3. The molecule has 0 bridgehead atoms. The number of carbonyl (C=O) groups is 1. The molecule has 2 aromatic heterocycles. The number of aryl methyl sites for hydroxylation is 1. The third-order valence-corrected chi connectivity index (χ3v) is 5.83. The lowest BCUT2D eigenvalue weighted by molar-refractivity contribution is 0.102. The van der Waals surface area contributed by atoms with Crippen LogP contribution in [0.4, 0.5) is 11.5 Å². The molecule has 5 nitrogen and oxygen atoms in total. The van der Waals surface area contributed by atoms with Gasteiger partial charge in [0, 0.05) is 28.2 Å². The fourth-order valence-corrected chi connectivity index (χ4v) is 3.98. The number of para-hydroxylation sites is 1. The van der Waals surface area contributed by atoms with Crippen molar-refractivity contribution in [3.05, 3.63) is 87.8 Å². The number of nitrogens with zero attached hydrogens (tertiary/aromatic N) is 1. The van der Waals surface area contributed by atoms with Crippen LogP contribution in [0.5, 0.6) is 0 Å². The maximum atomic E-state index is 12.8. The van der Waals surface area contributed by atoms with E-state index in [1.807, 2.05) is 54.6 Å². The van der Waals surface area contributed by atoms with Crippen molar-refractivity contribution in [2.45, 2.75) is 13.5 Å². The molecule has 2 aromatic carbocycles. The third-order valence-electron chi connectivity index (χ3n) is 4.42. The number of hydrogen-bond acceptors (Lipinski definition) is 4. The van der Waals surface area contributed by atoms with Gasteiger partial charge in [-0.3, -0.25) is 9.89 Å². The molecule has 7 heteroatoms. The average molecular weight is 423 g/mol. The Morgan fingerprint density at radius 1 is 1.10 bits per heavy atom. The molecule has 4 rings (SSSR count). The van der Waals surface area contributed by atoms with Gasteiger partial charge < -0.3 is 10.6 Å². The van der Waals surface area contributed by atoms with Crippen LogP contribution in [0.3, 0.4) is 0 Å². The van der Waals surface area contributed by atoms with Gasteiger partial charge in [-0.2, -0.15) is 5.10 Å². The first-order valence-corrected chi connectivity index (χ1v) is 10.3. The molecule has 3 N–H and O–H groups in total. The molecule has 0 unspecified atom stereocenters. The highest BCUT2D eigenvalue weighted by Gasteiger charge is 2.14. The number of halogens is 1. The fraction of sp³-hybridized carbons (Fsp3) is 0.0909. The molecule has 1 amide bonds. The molecule has 146 valence electrons. The van der Waals surface area contributed by atoms with Gasteiger partial charge in [0.2, 0.25) is 0 Å². The maximum absolute atomic E-state index is 12.8. The smallest absolute Gasteiger partial charge is 0.258 e. The number of H-pyrrole nitrogens is 1. The van der Waals surface area contributed by atoms with E-state index >= 15 is 0 Å². The molecule has 0 aliphatic rings. The number of anilines is 2. The predicted octanol–water partition coefficient (Wildman–Crippen LogP) is 5.96. The number of aromatic amines is 1. The normalized spacial score (nSPS) is 10.7. The number of amides is 1. The van der Waals surface area contributed by atoms with Gasteiger partial charge in [0.25, 0.3) is 5.91 Å². The van der Waals surface area contributed by atoms with Crippen LogP contribution in [0.1, 0.15) is 20.8 Å². The van der Waals surface area contributed by atoms with Gasteiger partial charge in [0.05, 0.1) is 16.1 Å². The van der Waals surface area contributed by atoms with Crippen LogP contribution < -0.4 is 10.6 Å². The number of thiophene rings is 1. The van der Waals surface area contributed by atoms with E-state index in [4.69, 9.17) is 11.6 Å². The van der Waals surface area contributed by atoms with Crippen LogP contribution in [0.2, 0.25) is 5.02 Å². The Morgan fingerprint density at radius 3 is 2.69 bits per heavy atom. The summed E-state index contributed by atoms with van der Waals surface area (Å²) < 4.78 is 0. The molecule has 29 heavy (non-hydrogen) atoms. The minimum Gasteiger partial charge on any atom is -0.380 e. The minimum atomic E-state index is -0.229. The van der Waals surface area contributed by atoms with Crippen LogP contribution in [0, 0.1) is 6.92 Å². The summed E-state index contributed by atoms with van der Waals surface area (Å²) in [5.41, 5.74) is 3.11. The zero-order chi connectivity index (χ0) is 20.2. The van der Waals surface area contributed by atoms with Crippen molar-refractivity contribution >= 4 is 40.4 Å². The summed E-state index contributed by atoms with van der Waals surface area (Å²) in [4.78, 5) is 15.1. The van der Waals surface area contributed by atoms with Gasteiger partial charge in [-0.15, -0.1) is 11.3 Å². The number of rotatable bonds is 6. The fourth-order valence-electron chi connectivity index (χ4n) is 2.94. The Kier molecular flexibility index (Phi) is 5.64. The molecule has 2 heterocycles. The van der Waals surface area contributed by atoms with E-state index in [2.05, 4.69) is 33.8 Å². The van der Waals surface area contributed by atoms with E-state index in [-0.39, 0.29) is 5.91 Å². The molecule has 0 aliphatic heterocycles. The number of benzene rings is 2. The van der Waals surface area contributed by atoms with Crippen LogP contribution >= 0.6 is 22.9 Å². The van der Waals surface area contributed by atoms with Crippen molar-refractivity contribution in [3.63, 3.8) is 0 Å². The standard InChI is InChI=1S/C22H19ClN4OS/c1-14-10-11-20(29-14)19-12-21(27-26-19)25-22(28)16-7-3-5-9-18(16)24-13-15-6-2-4-8-17(15)23/h2-12,24H,13H2,1H3,(H2,25,26,27,28). The van der Waals surface area contributed by atoms with Crippen LogP contribution in [-0.2, 0) is 6.54 Å².